The number of aryl methyl sites for hydroxylation is 2. The van der Waals surface area contributed by atoms with Gasteiger partial charge in [0.05, 0.1) is 12.1 Å². The number of nitrogens with zero attached hydrogens (tertiary/aromatic N) is 4. The monoisotopic (exact) mass is 355 g/mol. The number of hydrogen-bond donors (Lipinski definition) is 1. The number of likely N-dealkylation sites (tertiary alicyclic amines) is 1. The van der Waals surface area contributed by atoms with Crippen LogP contribution in [0.5, 0.6) is 0 Å². The highest BCUT2D eigenvalue weighted by Gasteiger charge is 2.36. The van der Waals surface area contributed by atoms with Gasteiger partial charge in [-0.25, -0.2) is 4.98 Å². The number of halogens is 3. The van der Waals surface area contributed by atoms with E-state index in [-0.39, 0.29) is 18.2 Å². The molecule has 2 aromatic heterocycles. The molecule has 0 unspecified atom stereocenters. The average Bonchev–Trinajstić information content (AvgIpc) is 3.13. The third kappa shape index (κ3) is 3.85. The molecule has 0 radical (unpaired) electrons. The fourth-order valence-corrected chi connectivity index (χ4v) is 3.24. The minimum absolute atomic E-state index is 0.0681. The van der Waals surface area contributed by atoms with Crippen molar-refractivity contribution in [1.29, 1.82) is 0 Å². The molecule has 0 spiro atoms. The fourth-order valence-electron chi connectivity index (χ4n) is 3.24. The number of carbonyl (C=O) groups is 1. The maximum atomic E-state index is 12.8. The Morgan fingerprint density at radius 2 is 2.20 bits per heavy atom. The number of aromatic nitrogens is 4. The predicted octanol–water partition coefficient (Wildman–Crippen LogP) is 2.42. The minimum Gasteiger partial charge on any atom is -0.342 e. The lowest BCUT2D eigenvalue weighted by Gasteiger charge is -2.32. The van der Waals surface area contributed by atoms with Crippen molar-refractivity contribution < 1.29 is 18.0 Å². The number of rotatable bonds is 3. The molecular weight excluding hydrogens is 335 g/mol. The number of alkyl halides is 3. The molecule has 25 heavy (non-hydrogen) atoms. The Labute approximate surface area is 143 Å². The summed E-state index contributed by atoms with van der Waals surface area (Å²) >= 11 is 0. The molecule has 0 saturated carbocycles. The first-order chi connectivity index (χ1) is 11.7. The van der Waals surface area contributed by atoms with Crippen LogP contribution in [0, 0.1) is 6.92 Å². The Hall–Kier alpha value is -2.32. The van der Waals surface area contributed by atoms with Crippen molar-refractivity contribution in [2.75, 3.05) is 13.1 Å². The molecule has 136 valence electrons. The number of H-pyrrole nitrogens is 1. The summed E-state index contributed by atoms with van der Waals surface area (Å²) in [4.78, 5) is 17.9. The van der Waals surface area contributed by atoms with Crippen LogP contribution in [0.4, 0.5) is 13.2 Å². The molecule has 1 aliphatic heterocycles. The van der Waals surface area contributed by atoms with Crippen LogP contribution in [0.3, 0.4) is 0 Å². The zero-order valence-corrected chi connectivity index (χ0v) is 14.1. The Morgan fingerprint density at radius 3 is 2.80 bits per heavy atom. The number of carbonyl (C=O) groups excluding carboxylic acids is 1. The van der Waals surface area contributed by atoms with Gasteiger partial charge in [0.15, 0.2) is 5.69 Å². The molecule has 0 bridgehead atoms. The number of piperidine rings is 1. The van der Waals surface area contributed by atoms with E-state index in [9.17, 15) is 18.0 Å². The van der Waals surface area contributed by atoms with Gasteiger partial charge in [-0.05, 0) is 25.8 Å². The third-order valence-corrected chi connectivity index (χ3v) is 4.43. The Morgan fingerprint density at radius 1 is 1.44 bits per heavy atom. The first-order valence-electron chi connectivity index (χ1n) is 8.13. The Kier molecular flexibility index (Phi) is 4.57. The zero-order valence-electron chi connectivity index (χ0n) is 14.1. The maximum absolute atomic E-state index is 12.8. The summed E-state index contributed by atoms with van der Waals surface area (Å²) in [6.45, 7) is 2.84. The van der Waals surface area contributed by atoms with Crippen molar-refractivity contribution in [3.8, 4) is 0 Å². The molecule has 0 aromatic carbocycles. The van der Waals surface area contributed by atoms with Crippen LogP contribution in [0.15, 0.2) is 12.3 Å². The van der Waals surface area contributed by atoms with Gasteiger partial charge in [-0.2, -0.15) is 18.3 Å². The largest absolute Gasteiger partial charge is 0.434 e. The highest BCUT2D eigenvalue weighted by Crippen LogP contribution is 2.32. The van der Waals surface area contributed by atoms with E-state index in [1.165, 1.54) is 4.57 Å². The summed E-state index contributed by atoms with van der Waals surface area (Å²) in [5.41, 5.74) is 0.661. The van der Waals surface area contributed by atoms with E-state index in [0.29, 0.717) is 31.0 Å². The number of amides is 1. The van der Waals surface area contributed by atoms with Gasteiger partial charge in [0.1, 0.15) is 5.82 Å². The maximum Gasteiger partial charge on any atom is 0.434 e. The molecule has 0 aliphatic carbocycles. The van der Waals surface area contributed by atoms with Crippen molar-refractivity contribution in [2.45, 2.75) is 38.3 Å². The smallest absolute Gasteiger partial charge is 0.342 e. The van der Waals surface area contributed by atoms with Crippen molar-refractivity contribution in [2.24, 2.45) is 7.05 Å². The van der Waals surface area contributed by atoms with E-state index in [2.05, 4.69) is 15.2 Å². The summed E-state index contributed by atoms with van der Waals surface area (Å²) in [6, 6.07) is 1.81. The lowest BCUT2D eigenvalue weighted by atomic mass is 9.96. The van der Waals surface area contributed by atoms with Gasteiger partial charge >= 0.3 is 6.18 Å². The summed E-state index contributed by atoms with van der Waals surface area (Å²) in [5, 5.41) is 6.85. The van der Waals surface area contributed by atoms with E-state index in [0.717, 1.165) is 18.3 Å². The molecule has 1 aliphatic rings. The fraction of sp³-hybridized carbons (Fsp3) is 0.562. The van der Waals surface area contributed by atoms with E-state index in [1.54, 1.807) is 11.9 Å². The lowest BCUT2D eigenvalue weighted by molar-refractivity contribution is -0.141. The van der Waals surface area contributed by atoms with Crippen molar-refractivity contribution >= 4 is 5.91 Å². The normalized spacial score (nSPS) is 18.6. The summed E-state index contributed by atoms with van der Waals surface area (Å²) in [5.74, 6) is 0.113. The van der Waals surface area contributed by atoms with Crippen LogP contribution in [0.1, 0.15) is 41.7 Å². The molecule has 9 heteroatoms. The first kappa shape index (κ1) is 17.5. The Bertz CT molecular complexity index is 764. The van der Waals surface area contributed by atoms with E-state index in [1.807, 2.05) is 13.0 Å². The highest BCUT2D eigenvalue weighted by atomic mass is 19.4. The summed E-state index contributed by atoms with van der Waals surface area (Å²) in [7, 11) is 1.56. The second kappa shape index (κ2) is 6.53. The molecule has 1 amide bonds. The molecule has 1 saturated heterocycles. The SMILES string of the molecule is Cc1cc(CC(=O)N2CCC[C@H](c3nc(C(F)(F)F)cn3C)C2)n[nH]1. The minimum atomic E-state index is -4.46. The summed E-state index contributed by atoms with van der Waals surface area (Å²) < 4.78 is 40.0. The quantitative estimate of drug-likeness (QED) is 0.920. The van der Waals surface area contributed by atoms with Crippen molar-refractivity contribution in [3.63, 3.8) is 0 Å². The van der Waals surface area contributed by atoms with Gasteiger partial charge in [-0.1, -0.05) is 0 Å². The third-order valence-electron chi connectivity index (χ3n) is 4.43. The van der Waals surface area contributed by atoms with Crippen molar-refractivity contribution in [3.05, 3.63) is 35.2 Å². The van der Waals surface area contributed by atoms with Crippen LogP contribution in [0.25, 0.3) is 0 Å². The molecule has 1 atom stereocenters. The molecule has 1 N–H and O–H groups in total. The molecular formula is C16H20F3N5O. The van der Waals surface area contributed by atoms with Gasteiger partial charge in [0, 0.05) is 37.9 Å². The van der Waals surface area contributed by atoms with E-state index < -0.39 is 11.9 Å². The van der Waals surface area contributed by atoms with Crippen LogP contribution in [-0.4, -0.2) is 43.6 Å². The molecule has 3 rings (SSSR count). The average molecular weight is 355 g/mol. The van der Waals surface area contributed by atoms with Gasteiger partial charge in [-0.15, -0.1) is 0 Å². The van der Waals surface area contributed by atoms with Crippen LogP contribution < -0.4 is 0 Å². The van der Waals surface area contributed by atoms with Crippen LogP contribution in [-0.2, 0) is 24.4 Å². The van der Waals surface area contributed by atoms with Crippen LogP contribution >= 0.6 is 0 Å². The molecule has 6 nitrogen and oxygen atoms in total. The number of imidazole rings is 1. The predicted molar refractivity (Wildman–Crippen MR) is 83.8 cm³/mol. The standard InChI is InChI=1S/C16H20F3N5O/c1-10-6-12(22-21-10)7-14(25)24-5-3-4-11(8-24)15-20-13(9-23(15)2)16(17,18)19/h6,9,11H,3-5,7-8H2,1-2H3,(H,21,22)/t11-/m0/s1. The summed E-state index contributed by atoms with van der Waals surface area (Å²) in [6.07, 6.45) is -1.82. The van der Waals surface area contributed by atoms with E-state index >= 15 is 0 Å². The number of aromatic amines is 1. The topological polar surface area (TPSA) is 66.8 Å². The van der Waals surface area contributed by atoms with Gasteiger partial charge < -0.3 is 9.47 Å². The number of hydrogen-bond acceptors (Lipinski definition) is 3. The first-order valence-corrected chi connectivity index (χ1v) is 8.13. The van der Waals surface area contributed by atoms with E-state index in [4.69, 9.17) is 0 Å². The highest BCUT2D eigenvalue weighted by molar-refractivity contribution is 5.78. The zero-order chi connectivity index (χ0) is 18.2. The van der Waals surface area contributed by atoms with Crippen molar-refractivity contribution in [1.82, 2.24) is 24.6 Å². The molecule has 2 aromatic rings. The number of nitrogens with one attached hydrogen (secondary N) is 1. The Balaban J connectivity index is 1.71. The van der Waals surface area contributed by atoms with Gasteiger partial charge in [-0.3, -0.25) is 9.89 Å². The lowest BCUT2D eigenvalue weighted by Crippen LogP contribution is -2.40. The van der Waals surface area contributed by atoms with Gasteiger partial charge in [0.25, 0.3) is 0 Å². The van der Waals surface area contributed by atoms with Crippen LogP contribution in [0.2, 0.25) is 0 Å². The second-order valence-corrected chi connectivity index (χ2v) is 6.49. The molecule has 3 heterocycles. The van der Waals surface area contributed by atoms with Gasteiger partial charge in [0.2, 0.25) is 5.91 Å². The molecule has 1 fully saturated rings. The second-order valence-electron chi connectivity index (χ2n) is 6.49.